The Labute approximate surface area is 125 Å². The van der Waals surface area contributed by atoms with Crippen LogP contribution in [0, 0.1) is 24.5 Å². The number of aliphatic hydroxyl groups excluding tert-OH is 1. The quantitative estimate of drug-likeness (QED) is 0.917. The smallest absolute Gasteiger partial charge is 0.134 e. The summed E-state index contributed by atoms with van der Waals surface area (Å²) < 4.78 is 28.5. The highest BCUT2D eigenvalue weighted by Gasteiger charge is 2.45. The van der Waals surface area contributed by atoms with Gasteiger partial charge in [-0.1, -0.05) is 25.8 Å². The lowest BCUT2D eigenvalue weighted by atomic mass is 9.70. The molecule has 118 valence electrons. The Kier molecular flexibility index (Phi) is 4.69. The molecule has 1 saturated carbocycles. The van der Waals surface area contributed by atoms with E-state index >= 15 is 0 Å². The fourth-order valence-corrected chi connectivity index (χ4v) is 3.66. The number of nitrogens with zero attached hydrogens (tertiary/aromatic N) is 1. The van der Waals surface area contributed by atoms with Crippen molar-refractivity contribution in [1.82, 2.24) is 4.90 Å². The Hall–Kier alpha value is -1.00. The van der Waals surface area contributed by atoms with Crippen LogP contribution in [-0.2, 0) is 0 Å². The number of aliphatic hydroxyl groups is 1. The zero-order valence-electron chi connectivity index (χ0n) is 13.3. The summed E-state index contributed by atoms with van der Waals surface area (Å²) in [6, 6.07) is 2.65. The van der Waals surface area contributed by atoms with E-state index in [2.05, 4.69) is 6.92 Å². The van der Waals surface area contributed by atoms with E-state index in [1.54, 1.807) is 6.92 Å². The number of halogens is 2. The van der Waals surface area contributed by atoms with Crippen molar-refractivity contribution >= 4 is 0 Å². The average Bonchev–Trinajstić information content (AvgIpc) is 2.43. The van der Waals surface area contributed by atoms with Crippen LogP contribution < -0.4 is 0 Å². The normalized spacial score (nSPS) is 27.9. The molecule has 2 nitrogen and oxygen atoms in total. The van der Waals surface area contributed by atoms with E-state index in [0.29, 0.717) is 11.5 Å². The molecule has 21 heavy (non-hydrogen) atoms. The van der Waals surface area contributed by atoms with Crippen molar-refractivity contribution in [2.45, 2.75) is 51.2 Å². The largest absolute Gasteiger partial charge is 0.386 e. The third kappa shape index (κ3) is 2.84. The zero-order chi connectivity index (χ0) is 15.8. The summed E-state index contributed by atoms with van der Waals surface area (Å²) in [7, 11) is 3.76. The average molecular weight is 297 g/mol. The van der Waals surface area contributed by atoms with Crippen LogP contribution in [0.2, 0.25) is 0 Å². The summed E-state index contributed by atoms with van der Waals surface area (Å²) in [4.78, 5) is 1.94. The zero-order valence-corrected chi connectivity index (χ0v) is 13.3. The SMILES string of the molecule is Cc1ccc(F)c(C(O)C2(N(C)C)CCCC(C)C2)c1F. The number of hydrogen-bond donors (Lipinski definition) is 1. The topological polar surface area (TPSA) is 23.5 Å². The molecule has 1 aromatic rings. The molecule has 1 aromatic carbocycles. The standard InChI is InChI=1S/C17H25F2NO/c1-11-6-5-9-17(10-11,20(3)4)16(21)14-13(18)8-7-12(2)15(14)19/h7-8,11,16,21H,5-6,9-10H2,1-4H3. The predicted octanol–water partition coefficient (Wildman–Crippen LogP) is 3.82. The van der Waals surface area contributed by atoms with E-state index in [0.717, 1.165) is 25.7 Å². The van der Waals surface area contributed by atoms with Gasteiger partial charge >= 0.3 is 0 Å². The highest BCUT2D eigenvalue weighted by atomic mass is 19.1. The van der Waals surface area contributed by atoms with Crippen LogP contribution in [0.3, 0.4) is 0 Å². The molecule has 0 amide bonds. The first-order valence-electron chi connectivity index (χ1n) is 7.59. The van der Waals surface area contributed by atoms with Crippen LogP contribution in [-0.4, -0.2) is 29.6 Å². The van der Waals surface area contributed by atoms with Gasteiger partial charge in [0.05, 0.1) is 11.1 Å². The van der Waals surface area contributed by atoms with Gasteiger partial charge in [0.2, 0.25) is 0 Å². The van der Waals surface area contributed by atoms with Gasteiger partial charge in [0, 0.05) is 0 Å². The second kappa shape index (κ2) is 6.01. The summed E-state index contributed by atoms with van der Waals surface area (Å²) >= 11 is 0. The molecule has 0 radical (unpaired) electrons. The van der Waals surface area contributed by atoms with Gasteiger partial charge in [-0.3, -0.25) is 0 Å². The van der Waals surface area contributed by atoms with Crippen molar-refractivity contribution in [3.05, 3.63) is 34.9 Å². The first-order valence-corrected chi connectivity index (χ1v) is 7.59. The molecule has 1 fully saturated rings. The molecular weight excluding hydrogens is 272 g/mol. The van der Waals surface area contributed by atoms with Crippen molar-refractivity contribution < 1.29 is 13.9 Å². The summed E-state index contributed by atoms with van der Waals surface area (Å²) in [5.74, 6) is -0.848. The molecule has 4 heteroatoms. The van der Waals surface area contributed by atoms with Gasteiger partial charge in [-0.15, -0.1) is 0 Å². The molecule has 3 unspecified atom stereocenters. The lowest BCUT2D eigenvalue weighted by molar-refractivity contribution is -0.0482. The molecule has 0 aliphatic heterocycles. The molecular formula is C17H25F2NO. The van der Waals surface area contributed by atoms with Gasteiger partial charge in [-0.2, -0.15) is 0 Å². The molecule has 1 N–H and O–H groups in total. The minimum absolute atomic E-state index is 0.183. The maximum absolute atomic E-state index is 14.4. The van der Waals surface area contributed by atoms with Gasteiger partial charge in [-0.25, -0.2) is 8.78 Å². The molecule has 0 heterocycles. The molecule has 0 bridgehead atoms. The van der Waals surface area contributed by atoms with E-state index in [4.69, 9.17) is 0 Å². The van der Waals surface area contributed by atoms with Crippen molar-refractivity contribution in [2.75, 3.05) is 14.1 Å². The van der Waals surface area contributed by atoms with Crippen molar-refractivity contribution in [2.24, 2.45) is 5.92 Å². The minimum atomic E-state index is -1.16. The highest BCUT2D eigenvalue weighted by molar-refractivity contribution is 5.31. The van der Waals surface area contributed by atoms with Gasteiger partial charge in [0.25, 0.3) is 0 Å². The molecule has 3 atom stereocenters. The molecule has 1 aliphatic rings. The molecule has 0 spiro atoms. The van der Waals surface area contributed by atoms with E-state index in [-0.39, 0.29) is 5.56 Å². The third-order valence-corrected chi connectivity index (χ3v) is 5.00. The van der Waals surface area contributed by atoms with Crippen LogP contribution in [0.25, 0.3) is 0 Å². The molecule has 1 aliphatic carbocycles. The fourth-order valence-electron chi connectivity index (χ4n) is 3.66. The van der Waals surface area contributed by atoms with Crippen molar-refractivity contribution in [3.63, 3.8) is 0 Å². The Morgan fingerprint density at radius 2 is 2.00 bits per heavy atom. The fraction of sp³-hybridized carbons (Fsp3) is 0.647. The molecule has 0 saturated heterocycles. The van der Waals surface area contributed by atoms with E-state index in [1.165, 1.54) is 12.1 Å². The molecule has 2 rings (SSSR count). The number of aryl methyl sites for hydroxylation is 1. The predicted molar refractivity (Wildman–Crippen MR) is 80.1 cm³/mol. The van der Waals surface area contributed by atoms with E-state index < -0.39 is 23.3 Å². The molecule has 0 aromatic heterocycles. The maximum Gasteiger partial charge on any atom is 0.134 e. The van der Waals surface area contributed by atoms with Gasteiger partial charge in [-0.05, 0) is 51.4 Å². The first-order chi connectivity index (χ1) is 9.79. The summed E-state index contributed by atoms with van der Waals surface area (Å²) in [6.45, 7) is 3.73. The monoisotopic (exact) mass is 297 g/mol. The minimum Gasteiger partial charge on any atom is -0.386 e. The highest BCUT2D eigenvalue weighted by Crippen LogP contribution is 2.45. The summed E-state index contributed by atoms with van der Waals surface area (Å²) in [5, 5.41) is 10.8. The van der Waals surface area contributed by atoms with Gasteiger partial charge in [0.15, 0.2) is 0 Å². The lowest BCUT2D eigenvalue weighted by Gasteiger charge is -2.48. The third-order valence-electron chi connectivity index (χ3n) is 5.00. The Morgan fingerprint density at radius 1 is 1.33 bits per heavy atom. The van der Waals surface area contributed by atoms with E-state index in [1.807, 2.05) is 19.0 Å². The van der Waals surface area contributed by atoms with Crippen LogP contribution >= 0.6 is 0 Å². The second-order valence-electron chi connectivity index (χ2n) is 6.69. The summed E-state index contributed by atoms with van der Waals surface area (Å²) in [5.41, 5.74) is -0.423. The number of hydrogen-bond acceptors (Lipinski definition) is 2. The second-order valence-corrected chi connectivity index (χ2v) is 6.69. The Morgan fingerprint density at radius 3 is 2.57 bits per heavy atom. The summed E-state index contributed by atoms with van der Waals surface area (Å²) in [6.07, 6.45) is 2.40. The first kappa shape index (κ1) is 16.4. The Bertz CT molecular complexity index is 518. The number of benzene rings is 1. The van der Waals surface area contributed by atoms with Gasteiger partial charge < -0.3 is 10.0 Å². The van der Waals surface area contributed by atoms with Crippen LogP contribution in [0.5, 0.6) is 0 Å². The number of likely N-dealkylation sites (N-methyl/N-ethyl adjacent to an activating group) is 1. The lowest BCUT2D eigenvalue weighted by Crippen LogP contribution is -2.52. The van der Waals surface area contributed by atoms with Gasteiger partial charge in [0.1, 0.15) is 17.7 Å². The van der Waals surface area contributed by atoms with Crippen molar-refractivity contribution in [1.29, 1.82) is 0 Å². The number of rotatable bonds is 3. The van der Waals surface area contributed by atoms with Crippen LogP contribution in [0.15, 0.2) is 12.1 Å². The van der Waals surface area contributed by atoms with Crippen molar-refractivity contribution in [3.8, 4) is 0 Å². The maximum atomic E-state index is 14.4. The van der Waals surface area contributed by atoms with E-state index in [9.17, 15) is 13.9 Å². The van der Waals surface area contributed by atoms with Crippen LogP contribution in [0.4, 0.5) is 8.78 Å². The Balaban J connectivity index is 2.49. The van der Waals surface area contributed by atoms with Crippen LogP contribution in [0.1, 0.15) is 49.8 Å².